The number of anilines is 1. The Bertz CT molecular complexity index is 552. The maximum Gasteiger partial charge on any atom is 0.335 e. The first-order chi connectivity index (χ1) is 10.3. The van der Waals surface area contributed by atoms with Gasteiger partial charge in [-0.3, -0.25) is 0 Å². The normalized spacial score (nSPS) is 29.3. The molecule has 22 heavy (non-hydrogen) atoms. The predicted octanol–water partition coefficient (Wildman–Crippen LogP) is -2.36. The number of hydrogen-bond acceptors (Lipinski definition) is 8. The number of aromatic carboxylic acids is 1. The highest BCUT2D eigenvalue weighted by Crippen LogP contribution is 2.24. The van der Waals surface area contributed by atoms with Gasteiger partial charge in [-0.05, 0) is 6.07 Å². The number of nitrogens with one attached hydrogen (secondary N) is 2. The molecule has 2 rings (SSSR count). The van der Waals surface area contributed by atoms with Crippen molar-refractivity contribution < 1.29 is 40.4 Å². The summed E-state index contributed by atoms with van der Waals surface area (Å²) in [4.78, 5) is 11.0. The highest BCUT2D eigenvalue weighted by molar-refractivity contribution is 5.89. The van der Waals surface area contributed by atoms with Crippen molar-refractivity contribution in [3.8, 4) is 0 Å². The number of benzene rings is 1. The van der Waals surface area contributed by atoms with E-state index in [2.05, 4.69) is 5.32 Å². The van der Waals surface area contributed by atoms with Crippen molar-refractivity contribution in [1.29, 1.82) is 0 Å². The third kappa shape index (κ3) is 3.34. The summed E-state index contributed by atoms with van der Waals surface area (Å²) in [5.74, 6) is -1.31. The summed E-state index contributed by atoms with van der Waals surface area (Å²) >= 11 is 0. The SMILES string of the molecule is O=C(O)c1cc(N[C@@H]2O[C@H](CO)[C@@H](O)[C@H]2O)cc([NH+]([O-])O)c1. The van der Waals surface area contributed by atoms with Crippen LogP contribution in [0.3, 0.4) is 0 Å². The van der Waals surface area contributed by atoms with Crippen LogP contribution in [0.1, 0.15) is 10.4 Å². The number of quaternary nitrogens is 1. The molecule has 0 amide bonds. The second kappa shape index (κ2) is 6.54. The van der Waals surface area contributed by atoms with E-state index in [9.17, 15) is 20.2 Å². The molecule has 1 aliphatic rings. The van der Waals surface area contributed by atoms with E-state index in [1.54, 1.807) is 0 Å². The van der Waals surface area contributed by atoms with Crippen molar-refractivity contribution >= 4 is 17.3 Å². The molecule has 1 heterocycles. The molecule has 1 fully saturated rings. The minimum absolute atomic E-state index is 0.0899. The topological polar surface area (TPSA) is 167 Å². The number of carboxylic acid groups (broad SMARTS) is 1. The van der Waals surface area contributed by atoms with Crippen molar-refractivity contribution in [2.24, 2.45) is 0 Å². The molecule has 122 valence electrons. The average Bonchev–Trinajstić information content (AvgIpc) is 2.74. The summed E-state index contributed by atoms with van der Waals surface area (Å²) in [5, 5.41) is 58.7. The van der Waals surface area contributed by atoms with E-state index >= 15 is 0 Å². The summed E-state index contributed by atoms with van der Waals surface area (Å²) in [5.41, 5.74) is -0.421. The quantitative estimate of drug-likeness (QED) is 0.294. The first kappa shape index (κ1) is 16.6. The third-order valence-electron chi connectivity index (χ3n) is 3.28. The molecule has 0 saturated carbocycles. The number of hydrogen-bond donors (Lipinski definition) is 7. The van der Waals surface area contributed by atoms with Crippen LogP contribution in [-0.2, 0) is 4.74 Å². The van der Waals surface area contributed by atoms with Crippen LogP contribution in [0.15, 0.2) is 18.2 Å². The zero-order chi connectivity index (χ0) is 16.4. The number of aliphatic hydroxyl groups is 3. The molecule has 1 aromatic rings. The number of ether oxygens (including phenoxy) is 1. The lowest BCUT2D eigenvalue weighted by Gasteiger charge is -2.19. The van der Waals surface area contributed by atoms with Crippen molar-refractivity contribution in [2.75, 3.05) is 11.9 Å². The predicted molar refractivity (Wildman–Crippen MR) is 70.6 cm³/mol. The fraction of sp³-hybridized carbons (Fsp3) is 0.417. The first-order valence-corrected chi connectivity index (χ1v) is 6.34. The second-order valence-electron chi connectivity index (χ2n) is 4.81. The maximum atomic E-state index is 11.0. The molecule has 0 aliphatic carbocycles. The third-order valence-corrected chi connectivity index (χ3v) is 3.28. The molecule has 0 spiro atoms. The number of rotatable bonds is 5. The van der Waals surface area contributed by atoms with E-state index in [4.69, 9.17) is 20.2 Å². The fourth-order valence-corrected chi connectivity index (χ4v) is 2.14. The zero-order valence-corrected chi connectivity index (χ0v) is 11.2. The van der Waals surface area contributed by atoms with Crippen LogP contribution >= 0.6 is 0 Å². The van der Waals surface area contributed by atoms with Crippen LogP contribution in [0.5, 0.6) is 0 Å². The van der Waals surface area contributed by atoms with Gasteiger partial charge in [0, 0.05) is 17.8 Å². The van der Waals surface area contributed by atoms with Gasteiger partial charge in [0.2, 0.25) is 0 Å². The molecule has 1 unspecified atom stereocenters. The molecule has 0 bridgehead atoms. The van der Waals surface area contributed by atoms with Gasteiger partial charge < -0.3 is 35.7 Å². The van der Waals surface area contributed by atoms with Crippen LogP contribution in [0.2, 0.25) is 0 Å². The van der Waals surface area contributed by atoms with Crippen LogP contribution in [-0.4, -0.2) is 62.7 Å². The number of aliphatic hydroxyl groups excluding tert-OH is 3. The second-order valence-corrected chi connectivity index (χ2v) is 4.81. The lowest BCUT2D eigenvalue weighted by molar-refractivity contribution is -0.991. The molecule has 1 aromatic carbocycles. The highest BCUT2D eigenvalue weighted by Gasteiger charge is 2.42. The van der Waals surface area contributed by atoms with Crippen molar-refractivity contribution in [3.05, 3.63) is 29.0 Å². The van der Waals surface area contributed by atoms with Gasteiger partial charge in [0.05, 0.1) is 12.2 Å². The van der Waals surface area contributed by atoms with Gasteiger partial charge >= 0.3 is 5.97 Å². The Balaban J connectivity index is 2.24. The molecular weight excluding hydrogens is 300 g/mol. The van der Waals surface area contributed by atoms with Crippen molar-refractivity contribution in [3.63, 3.8) is 0 Å². The van der Waals surface area contributed by atoms with Gasteiger partial charge in [0.15, 0.2) is 11.9 Å². The van der Waals surface area contributed by atoms with Crippen LogP contribution in [0, 0.1) is 5.21 Å². The Labute approximate surface area is 124 Å². The van der Waals surface area contributed by atoms with Gasteiger partial charge in [-0.15, -0.1) is 0 Å². The molecule has 0 radical (unpaired) electrons. The fourth-order valence-electron chi connectivity index (χ4n) is 2.14. The summed E-state index contributed by atoms with van der Waals surface area (Å²) in [7, 11) is 0. The van der Waals surface area contributed by atoms with Gasteiger partial charge in [-0.25, -0.2) is 10.0 Å². The van der Waals surface area contributed by atoms with E-state index in [1.807, 2.05) is 0 Å². The Kier molecular flexibility index (Phi) is 4.93. The largest absolute Gasteiger partial charge is 0.595 e. The van der Waals surface area contributed by atoms with Crippen LogP contribution < -0.4 is 10.5 Å². The Hall–Kier alpha value is -1.79. The van der Waals surface area contributed by atoms with Gasteiger partial charge in [0.1, 0.15) is 18.3 Å². The maximum absolute atomic E-state index is 11.0. The van der Waals surface area contributed by atoms with Gasteiger partial charge in [-0.2, -0.15) is 5.23 Å². The number of carboxylic acids is 1. The monoisotopic (exact) mass is 316 g/mol. The Morgan fingerprint density at radius 3 is 2.50 bits per heavy atom. The average molecular weight is 316 g/mol. The lowest BCUT2D eigenvalue weighted by Crippen LogP contribution is -2.99. The molecular formula is C12H16N2O8. The molecule has 7 N–H and O–H groups in total. The van der Waals surface area contributed by atoms with E-state index in [0.29, 0.717) is 0 Å². The molecule has 1 saturated heterocycles. The van der Waals surface area contributed by atoms with Crippen LogP contribution in [0.25, 0.3) is 0 Å². The Morgan fingerprint density at radius 2 is 2.00 bits per heavy atom. The molecule has 5 atom stereocenters. The smallest absolute Gasteiger partial charge is 0.335 e. The standard InChI is InChI=1S/C12H16N2O8/c15-4-8-9(16)10(17)11(22-8)13-6-1-5(12(18)19)2-7(3-6)14(20)21/h1-3,8-11,13-17,20H,4H2,(H,18,19)/t8-,9-,10-,11-/m1/s1. The molecule has 10 heteroatoms. The first-order valence-electron chi connectivity index (χ1n) is 6.34. The molecule has 1 aliphatic heterocycles. The highest BCUT2D eigenvalue weighted by atomic mass is 16.8. The number of carbonyl (C=O) groups is 1. The molecule has 10 nitrogen and oxygen atoms in total. The minimum Gasteiger partial charge on any atom is -0.595 e. The minimum atomic E-state index is -1.36. The van der Waals surface area contributed by atoms with Crippen molar-refractivity contribution in [2.45, 2.75) is 24.5 Å². The van der Waals surface area contributed by atoms with Gasteiger partial charge in [-0.1, -0.05) is 0 Å². The van der Waals surface area contributed by atoms with Crippen molar-refractivity contribution in [1.82, 2.24) is 0 Å². The van der Waals surface area contributed by atoms with E-state index in [-0.39, 0.29) is 16.9 Å². The Morgan fingerprint density at radius 1 is 1.32 bits per heavy atom. The summed E-state index contributed by atoms with van der Waals surface area (Å²) in [6, 6.07) is 3.33. The summed E-state index contributed by atoms with van der Waals surface area (Å²) in [6.45, 7) is -0.508. The summed E-state index contributed by atoms with van der Waals surface area (Å²) in [6.07, 6.45) is -4.78. The molecule has 0 aromatic heterocycles. The summed E-state index contributed by atoms with van der Waals surface area (Å²) < 4.78 is 5.18. The van der Waals surface area contributed by atoms with E-state index < -0.39 is 42.3 Å². The van der Waals surface area contributed by atoms with Crippen LogP contribution in [0.4, 0.5) is 11.4 Å². The van der Waals surface area contributed by atoms with E-state index in [0.717, 1.165) is 6.07 Å². The van der Waals surface area contributed by atoms with E-state index in [1.165, 1.54) is 12.1 Å². The van der Waals surface area contributed by atoms with Gasteiger partial charge in [0.25, 0.3) is 0 Å². The lowest BCUT2D eigenvalue weighted by atomic mass is 10.1. The zero-order valence-electron chi connectivity index (χ0n) is 11.2.